The van der Waals surface area contributed by atoms with Crippen molar-refractivity contribution in [3.8, 4) is 0 Å². The van der Waals surface area contributed by atoms with Crippen LogP contribution in [0.2, 0.25) is 0 Å². The van der Waals surface area contributed by atoms with Gasteiger partial charge in [0.15, 0.2) is 0 Å². The average Bonchev–Trinajstić information content (AvgIpc) is 2.72. The number of benzene rings is 2. The van der Waals surface area contributed by atoms with Crippen LogP contribution >= 0.6 is 0 Å². The molecule has 0 spiro atoms. The van der Waals surface area contributed by atoms with Gasteiger partial charge in [0.25, 0.3) is 11.8 Å². The first kappa shape index (κ1) is 20.1. The van der Waals surface area contributed by atoms with Gasteiger partial charge in [-0.2, -0.15) is 13.2 Å². The molecule has 5 nitrogen and oxygen atoms in total. The topological polar surface area (TPSA) is 71.1 Å². The van der Waals surface area contributed by atoms with Gasteiger partial charge in [0.2, 0.25) is 0 Å². The monoisotopic (exact) mass is 399 g/mol. The van der Waals surface area contributed by atoms with E-state index >= 15 is 0 Å². The number of aromatic nitrogens is 1. The van der Waals surface area contributed by atoms with Gasteiger partial charge >= 0.3 is 6.18 Å². The minimum absolute atomic E-state index is 0.177. The maximum absolute atomic E-state index is 13.1. The van der Waals surface area contributed by atoms with E-state index in [-0.39, 0.29) is 12.5 Å². The molecule has 3 aromatic rings. The summed E-state index contributed by atoms with van der Waals surface area (Å²) in [5.41, 5.74) is -0.0716. The van der Waals surface area contributed by atoms with Crippen LogP contribution in [-0.4, -0.2) is 16.8 Å². The van der Waals surface area contributed by atoms with E-state index in [1.807, 2.05) is 0 Å². The first-order chi connectivity index (χ1) is 13.8. The van der Waals surface area contributed by atoms with E-state index in [0.29, 0.717) is 16.8 Å². The zero-order chi connectivity index (χ0) is 20.9. The van der Waals surface area contributed by atoms with Gasteiger partial charge in [0.1, 0.15) is 0 Å². The number of anilines is 1. The van der Waals surface area contributed by atoms with Crippen LogP contribution in [0, 0.1) is 0 Å². The van der Waals surface area contributed by atoms with Crippen LogP contribution in [0.5, 0.6) is 0 Å². The SMILES string of the molecule is O=C(NCc1cccc(NC(=O)c2ccccc2C(F)(F)F)c1)c1cccnc1. The maximum atomic E-state index is 13.1. The number of hydrogen-bond donors (Lipinski definition) is 2. The van der Waals surface area contributed by atoms with Gasteiger partial charge in [-0.25, -0.2) is 0 Å². The largest absolute Gasteiger partial charge is 0.417 e. The standard InChI is InChI=1S/C21H16F3N3O2/c22-21(23,24)18-9-2-1-8-17(18)20(29)27-16-7-3-5-14(11-16)12-26-19(28)15-6-4-10-25-13-15/h1-11,13H,12H2,(H,26,28)(H,27,29). The van der Waals surface area contributed by atoms with Crippen LogP contribution in [-0.2, 0) is 12.7 Å². The second-order valence-electron chi connectivity index (χ2n) is 6.12. The molecule has 148 valence electrons. The summed E-state index contributed by atoms with van der Waals surface area (Å²) in [6, 6.07) is 14.3. The van der Waals surface area contributed by atoms with Gasteiger partial charge in [-0.05, 0) is 42.0 Å². The first-order valence-corrected chi connectivity index (χ1v) is 8.59. The zero-order valence-corrected chi connectivity index (χ0v) is 15.0. The predicted molar refractivity (Wildman–Crippen MR) is 101 cm³/mol. The van der Waals surface area contributed by atoms with Crippen molar-refractivity contribution >= 4 is 17.5 Å². The molecule has 8 heteroatoms. The van der Waals surface area contributed by atoms with Crippen LogP contribution in [0.4, 0.5) is 18.9 Å². The maximum Gasteiger partial charge on any atom is 0.417 e. The Labute approximate surface area is 164 Å². The molecule has 0 radical (unpaired) electrons. The van der Waals surface area contributed by atoms with Crippen molar-refractivity contribution in [3.63, 3.8) is 0 Å². The highest BCUT2D eigenvalue weighted by atomic mass is 19.4. The van der Waals surface area contributed by atoms with Crippen LogP contribution in [0.15, 0.2) is 73.1 Å². The minimum Gasteiger partial charge on any atom is -0.348 e. The van der Waals surface area contributed by atoms with Crippen LogP contribution < -0.4 is 10.6 Å². The summed E-state index contributed by atoms with van der Waals surface area (Å²) in [6.45, 7) is 0.177. The van der Waals surface area contributed by atoms with E-state index in [1.165, 1.54) is 18.3 Å². The van der Waals surface area contributed by atoms with Gasteiger partial charge < -0.3 is 10.6 Å². The van der Waals surface area contributed by atoms with Crippen molar-refractivity contribution in [2.45, 2.75) is 12.7 Å². The summed E-state index contributed by atoms with van der Waals surface area (Å²) in [6.07, 6.45) is -1.64. The van der Waals surface area contributed by atoms with E-state index in [1.54, 1.807) is 42.6 Å². The molecule has 0 saturated heterocycles. The molecule has 0 aliphatic carbocycles. The summed E-state index contributed by atoms with van der Waals surface area (Å²) in [7, 11) is 0. The van der Waals surface area contributed by atoms with Crippen molar-refractivity contribution < 1.29 is 22.8 Å². The van der Waals surface area contributed by atoms with E-state index < -0.39 is 23.2 Å². The van der Waals surface area contributed by atoms with Gasteiger partial charge in [-0.3, -0.25) is 14.6 Å². The van der Waals surface area contributed by atoms with Crippen molar-refractivity contribution in [3.05, 3.63) is 95.3 Å². The molecular weight excluding hydrogens is 383 g/mol. The molecule has 0 saturated carbocycles. The lowest BCUT2D eigenvalue weighted by Crippen LogP contribution is -2.23. The zero-order valence-electron chi connectivity index (χ0n) is 15.0. The fourth-order valence-corrected chi connectivity index (χ4v) is 2.67. The van der Waals surface area contributed by atoms with Gasteiger partial charge in [-0.1, -0.05) is 24.3 Å². The quantitative estimate of drug-likeness (QED) is 0.673. The Kier molecular flexibility index (Phi) is 5.92. The van der Waals surface area contributed by atoms with Gasteiger partial charge in [0.05, 0.1) is 16.7 Å². The van der Waals surface area contributed by atoms with Crippen LogP contribution in [0.1, 0.15) is 31.8 Å². The Bertz CT molecular complexity index is 1020. The van der Waals surface area contributed by atoms with E-state index in [4.69, 9.17) is 0 Å². The lowest BCUT2D eigenvalue weighted by Gasteiger charge is -2.13. The predicted octanol–water partition coefficient (Wildman–Crippen LogP) is 4.28. The summed E-state index contributed by atoms with van der Waals surface area (Å²) in [4.78, 5) is 28.3. The molecule has 0 aliphatic heterocycles. The number of carbonyl (C=O) groups excluding carboxylic acids is 2. The minimum atomic E-state index is -4.63. The highest BCUT2D eigenvalue weighted by Crippen LogP contribution is 2.32. The number of halogens is 3. The highest BCUT2D eigenvalue weighted by Gasteiger charge is 2.34. The third-order valence-electron chi connectivity index (χ3n) is 4.04. The highest BCUT2D eigenvalue weighted by molar-refractivity contribution is 6.05. The molecule has 3 rings (SSSR count). The molecule has 1 heterocycles. The smallest absolute Gasteiger partial charge is 0.348 e. The Hall–Kier alpha value is -3.68. The third-order valence-corrected chi connectivity index (χ3v) is 4.04. The molecule has 2 N–H and O–H groups in total. The van der Waals surface area contributed by atoms with E-state index in [9.17, 15) is 22.8 Å². The first-order valence-electron chi connectivity index (χ1n) is 8.59. The molecule has 0 atom stereocenters. The molecule has 1 aromatic heterocycles. The average molecular weight is 399 g/mol. The van der Waals surface area contributed by atoms with Crippen LogP contribution in [0.3, 0.4) is 0 Å². The molecule has 0 fully saturated rings. The van der Waals surface area contributed by atoms with Crippen molar-refractivity contribution in [2.75, 3.05) is 5.32 Å². The molecule has 2 amide bonds. The lowest BCUT2D eigenvalue weighted by molar-refractivity contribution is -0.137. The summed E-state index contributed by atoms with van der Waals surface area (Å²) >= 11 is 0. The number of hydrogen-bond acceptors (Lipinski definition) is 3. The second-order valence-corrected chi connectivity index (χ2v) is 6.12. The molecule has 2 aromatic carbocycles. The molecular formula is C21H16F3N3O2. The summed E-state index contributed by atoms with van der Waals surface area (Å²) in [5.74, 6) is -1.18. The Morgan fingerprint density at radius 3 is 2.45 bits per heavy atom. The lowest BCUT2D eigenvalue weighted by atomic mass is 10.1. The number of carbonyl (C=O) groups is 2. The molecule has 0 unspecified atom stereocenters. The number of pyridine rings is 1. The number of amides is 2. The normalized spacial score (nSPS) is 11.0. The molecule has 0 bridgehead atoms. The van der Waals surface area contributed by atoms with E-state index in [2.05, 4.69) is 15.6 Å². The molecule has 29 heavy (non-hydrogen) atoms. The van der Waals surface area contributed by atoms with Crippen molar-refractivity contribution in [1.29, 1.82) is 0 Å². The number of nitrogens with zero attached hydrogens (tertiary/aromatic N) is 1. The van der Waals surface area contributed by atoms with Crippen LogP contribution in [0.25, 0.3) is 0 Å². The Balaban J connectivity index is 1.69. The molecule has 0 aliphatic rings. The van der Waals surface area contributed by atoms with Crippen molar-refractivity contribution in [1.82, 2.24) is 10.3 Å². The fourth-order valence-electron chi connectivity index (χ4n) is 2.67. The number of nitrogens with one attached hydrogen (secondary N) is 2. The Morgan fingerprint density at radius 2 is 1.72 bits per heavy atom. The van der Waals surface area contributed by atoms with Crippen molar-refractivity contribution in [2.24, 2.45) is 0 Å². The second kappa shape index (κ2) is 8.55. The van der Waals surface area contributed by atoms with Gasteiger partial charge in [0, 0.05) is 24.6 Å². The third kappa shape index (κ3) is 5.19. The Morgan fingerprint density at radius 1 is 0.931 bits per heavy atom. The number of alkyl halides is 3. The summed E-state index contributed by atoms with van der Waals surface area (Å²) < 4.78 is 39.3. The van der Waals surface area contributed by atoms with Gasteiger partial charge in [-0.15, -0.1) is 0 Å². The summed E-state index contributed by atoms with van der Waals surface area (Å²) in [5, 5.41) is 5.18. The van der Waals surface area contributed by atoms with E-state index in [0.717, 1.165) is 12.1 Å². The number of rotatable bonds is 5. The fraction of sp³-hybridized carbons (Fsp3) is 0.0952.